The van der Waals surface area contributed by atoms with Crippen molar-refractivity contribution in [2.45, 2.75) is 13.3 Å². The minimum absolute atomic E-state index is 0.530. The Morgan fingerprint density at radius 3 is 2.69 bits per heavy atom. The normalized spacial score (nSPS) is 9.00. The molecule has 1 aromatic rings. The minimum Gasteiger partial charge on any atom is -0.369 e. The van der Waals surface area contributed by atoms with Gasteiger partial charge in [0.1, 0.15) is 6.61 Å². The first-order chi connectivity index (χ1) is 6.43. The Balaban J connectivity index is 2.31. The maximum absolute atomic E-state index is 5.23. The summed E-state index contributed by atoms with van der Waals surface area (Å²) in [5.41, 5.74) is 1.04. The molecule has 68 valence electrons. The van der Waals surface area contributed by atoms with Gasteiger partial charge in [0.25, 0.3) is 0 Å². The van der Waals surface area contributed by atoms with Crippen molar-refractivity contribution in [3.63, 3.8) is 0 Å². The predicted molar refractivity (Wildman–Crippen MR) is 54.4 cm³/mol. The monoisotopic (exact) mass is 174 g/mol. The molecule has 0 aliphatic heterocycles. The van der Waals surface area contributed by atoms with Gasteiger partial charge in [-0.25, -0.2) is 0 Å². The smallest absolute Gasteiger partial charge is 0.108 e. The molecule has 0 saturated carbocycles. The molecule has 1 heteroatoms. The lowest BCUT2D eigenvalue weighted by Crippen LogP contribution is -1.91. The SMILES string of the molecule is CCCOCC#Cc1ccccc1. The van der Waals surface area contributed by atoms with Gasteiger partial charge in [0.2, 0.25) is 0 Å². The third kappa shape index (κ3) is 4.35. The van der Waals surface area contributed by atoms with Crippen LogP contribution in [-0.2, 0) is 4.74 Å². The van der Waals surface area contributed by atoms with Crippen LogP contribution in [0.3, 0.4) is 0 Å². The molecule has 0 aliphatic rings. The quantitative estimate of drug-likeness (QED) is 0.505. The highest BCUT2D eigenvalue weighted by Crippen LogP contribution is 1.94. The van der Waals surface area contributed by atoms with Gasteiger partial charge in [-0.3, -0.25) is 0 Å². The molecule has 0 amide bonds. The largest absolute Gasteiger partial charge is 0.369 e. The van der Waals surface area contributed by atoms with Gasteiger partial charge < -0.3 is 4.74 Å². The molecule has 0 atom stereocenters. The van der Waals surface area contributed by atoms with Gasteiger partial charge in [-0.15, -0.1) is 0 Å². The van der Waals surface area contributed by atoms with Crippen molar-refractivity contribution in [3.8, 4) is 11.8 Å². The van der Waals surface area contributed by atoms with Gasteiger partial charge in [0, 0.05) is 12.2 Å². The topological polar surface area (TPSA) is 9.23 Å². The number of ether oxygens (including phenoxy) is 1. The molecule has 0 heterocycles. The summed E-state index contributed by atoms with van der Waals surface area (Å²) >= 11 is 0. The average molecular weight is 174 g/mol. The van der Waals surface area contributed by atoms with E-state index in [1.807, 2.05) is 30.3 Å². The molecule has 0 aromatic heterocycles. The zero-order valence-corrected chi connectivity index (χ0v) is 7.92. The fourth-order valence-corrected chi connectivity index (χ4v) is 0.927. The van der Waals surface area contributed by atoms with Crippen LogP contribution in [0, 0.1) is 11.8 Å². The lowest BCUT2D eigenvalue weighted by Gasteiger charge is -1.93. The standard InChI is InChI=1S/C12H14O/c1-2-10-13-11-6-9-12-7-4-3-5-8-12/h3-5,7-8H,2,10-11H2,1H3. The average Bonchev–Trinajstić information content (AvgIpc) is 2.19. The van der Waals surface area contributed by atoms with E-state index in [1.165, 1.54) is 0 Å². The minimum atomic E-state index is 0.530. The number of hydrogen-bond donors (Lipinski definition) is 0. The molecule has 0 fully saturated rings. The molecule has 0 unspecified atom stereocenters. The molecular weight excluding hydrogens is 160 g/mol. The van der Waals surface area contributed by atoms with E-state index in [9.17, 15) is 0 Å². The third-order valence-corrected chi connectivity index (χ3v) is 1.53. The number of rotatable bonds is 3. The molecule has 13 heavy (non-hydrogen) atoms. The Morgan fingerprint density at radius 2 is 2.00 bits per heavy atom. The number of hydrogen-bond acceptors (Lipinski definition) is 1. The van der Waals surface area contributed by atoms with Crippen LogP contribution in [0.15, 0.2) is 30.3 Å². The molecule has 1 nitrogen and oxygen atoms in total. The van der Waals surface area contributed by atoms with E-state index in [4.69, 9.17) is 4.74 Å². The summed E-state index contributed by atoms with van der Waals surface area (Å²) in [6.45, 7) is 3.41. The Labute approximate surface area is 79.7 Å². The van der Waals surface area contributed by atoms with Crippen LogP contribution in [0.1, 0.15) is 18.9 Å². The van der Waals surface area contributed by atoms with Gasteiger partial charge in [-0.2, -0.15) is 0 Å². The van der Waals surface area contributed by atoms with Gasteiger partial charge in [0.15, 0.2) is 0 Å². The maximum Gasteiger partial charge on any atom is 0.108 e. The van der Waals surface area contributed by atoms with Crippen molar-refractivity contribution in [1.82, 2.24) is 0 Å². The van der Waals surface area contributed by atoms with Crippen molar-refractivity contribution >= 4 is 0 Å². The zero-order valence-electron chi connectivity index (χ0n) is 7.92. The molecular formula is C12H14O. The first-order valence-electron chi connectivity index (χ1n) is 4.55. The highest BCUT2D eigenvalue weighted by atomic mass is 16.5. The molecule has 0 radical (unpaired) electrons. The van der Waals surface area contributed by atoms with Gasteiger partial charge in [-0.1, -0.05) is 37.0 Å². The lowest BCUT2D eigenvalue weighted by molar-refractivity contribution is 0.168. The lowest BCUT2D eigenvalue weighted by atomic mass is 10.2. The van der Waals surface area contributed by atoms with Crippen LogP contribution in [0.2, 0.25) is 0 Å². The Bertz CT molecular complexity index is 279. The van der Waals surface area contributed by atoms with Crippen LogP contribution >= 0.6 is 0 Å². The highest BCUT2D eigenvalue weighted by Gasteiger charge is 1.81. The Kier molecular flexibility index (Phi) is 4.74. The summed E-state index contributed by atoms with van der Waals surface area (Å²) in [6, 6.07) is 9.94. The van der Waals surface area contributed by atoms with Gasteiger partial charge in [-0.05, 0) is 18.6 Å². The molecule has 1 aromatic carbocycles. The molecule has 0 N–H and O–H groups in total. The van der Waals surface area contributed by atoms with Crippen molar-refractivity contribution in [2.75, 3.05) is 13.2 Å². The molecule has 0 bridgehead atoms. The van der Waals surface area contributed by atoms with Crippen LogP contribution in [0.25, 0.3) is 0 Å². The first kappa shape index (κ1) is 9.83. The molecule has 1 rings (SSSR count). The van der Waals surface area contributed by atoms with E-state index in [-0.39, 0.29) is 0 Å². The first-order valence-corrected chi connectivity index (χ1v) is 4.55. The fraction of sp³-hybridized carbons (Fsp3) is 0.333. The summed E-state index contributed by atoms with van der Waals surface area (Å²) in [4.78, 5) is 0. The third-order valence-electron chi connectivity index (χ3n) is 1.53. The number of benzene rings is 1. The van der Waals surface area contributed by atoms with Crippen LogP contribution in [0.4, 0.5) is 0 Å². The Hall–Kier alpha value is -1.26. The van der Waals surface area contributed by atoms with E-state index in [2.05, 4.69) is 18.8 Å². The summed E-state index contributed by atoms with van der Waals surface area (Å²) in [5.74, 6) is 5.99. The Morgan fingerprint density at radius 1 is 1.23 bits per heavy atom. The summed E-state index contributed by atoms with van der Waals surface area (Å²) in [5, 5.41) is 0. The highest BCUT2D eigenvalue weighted by molar-refractivity contribution is 5.33. The van der Waals surface area contributed by atoms with E-state index < -0.39 is 0 Å². The van der Waals surface area contributed by atoms with Crippen molar-refractivity contribution in [1.29, 1.82) is 0 Å². The zero-order chi connectivity index (χ0) is 9.36. The molecule has 0 aliphatic carbocycles. The second-order valence-corrected chi connectivity index (χ2v) is 2.72. The predicted octanol–water partition coefficient (Wildman–Crippen LogP) is 2.46. The second-order valence-electron chi connectivity index (χ2n) is 2.72. The fourth-order valence-electron chi connectivity index (χ4n) is 0.927. The van der Waals surface area contributed by atoms with Crippen LogP contribution in [0.5, 0.6) is 0 Å². The van der Waals surface area contributed by atoms with Gasteiger partial charge >= 0.3 is 0 Å². The maximum atomic E-state index is 5.23. The van der Waals surface area contributed by atoms with E-state index in [0.29, 0.717) is 6.61 Å². The molecule has 0 saturated heterocycles. The summed E-state index contributed by atoms with van der Waals surface area (Å²) in [7, 11) is 0. The second kappa shape index (κ2) is 6.28. The van der Waals surface area contributed by atoms with E-state index in [0.717, 1.165) is 18.6 Å². The summed E-state index contributed by atoms with van der Waals surface area (Å²) in [6.07, 6.45) is 1.05. The van der Waals surface area contributed by atoms with Crippen LogP contribution < -0.4 is 0 Å². The van der Waals surface area contributed by atoms with Crippen molar-refractivity contribution in [2.24, 2.45) is 0 Å². The van der Waals surface area contributed by atoms with Gasteiger partial charge in [0.05, 0.1) is 0 Å². The summed E-state index contributed by atoms with van der Waals surface area (Å²) < 4.78 is 5.23. The molecule has 0 spiro atoms. The van der Waals surface area contributed by atoms with E-state index in [1.54, 1.807) is 0 Å². The van der Waals surface area contributed by atoms with Crippen molar-refractivity contribution < 1.29 is 4.74 Å². The van der Waals surface area contributed by atoms with E-state index >= 15 is 0 Å². The van der Waals surface area contributed by atoms with Crippen LogP contribution in [-0.4, -0.2) is 13.2 Å². The van der Waals surface area contributed by atoms with Crippen molar-refractivity contribution in [3.05, 3.63) is 35.9 Å².